The number of carbonyl (C=O) groups is 1. The van der Waals surface area contributed by atoms with E-state index < -0.39 is 11.7 Å². The fourth-order valence-corrected chi connectivity index (χ4v) is 4.03. The van der Waals surface area contributed by atoms with Crippen molar-refractivity contribution in [2.24, 2.45) is 0 Å². The number of hydrogen-bond donors (Lipinski definition) is 0. The van der Waals surface area contributed by atoms with Gasteiger partial charge in [0, 0.05) is 38.2 Å². The lowest BCUT2D eigenvalue weighted by atomic mass is 9.96. The highest BCUT2D eigenvalue weighted by molar-refractivity contribution is 5.77. The van der Waals surface area contributed by atoms with Crippen LogP contribution in [0.4, 0.5) is 13.2 Å². The largest absolute Gasteiger partial charge is 0.497 e. The van der Waals surface area contributed by atoms with Gasteiger partial charge < -0.3 is 14.2 Å². The quantitative estimate of drug-likeness (QED) is 0.484. The molecule has 10 heteroatoms. The first kappa shape index (κ1) is 24.7. The molecule has 0 bridgehead atoms. The molecule has 0 saturated carbocycles. The first-order valence-electron chi connectivity index (χ1n) is 11.4. The second-order valence-corrected chi connectivity index (χ2v) is 8.62. The molecule has 0 spiro atoms. The molecule has 0 N–H and O–H groups in total. The third-order valence-electron chi connectivity index (χ3n) is 6.19. The molecule has 1 atom stereocenters. The summed E-state index contributed by atoms with van der Waals surface area (Å²) in [6.45, 7) is 4.82. The van der Waals surface area contributed by atoms with Gasteiger partial charge in [0.15, 0.2) is 0 Å². The Morgan fingerprint density at radius 2 is 1.71 bits per heavy atom. The minimum absolute atomic E-state index is 0.00312. The van der Waals surface area contributed by atoms with Gasteiger partial charge in [-0.05, 0) is 47.9 Å². The predicted octanol–water partition coefficient (Wildman–Crippen LogP) is 4.60. The molecular formula is C25H27F3N4O3. The Labute approximate surface area is 201 Å². The number of piperazine rings is 1. The van der Waals surface area contributed by atoms with Crippen molar-refractivity contribution in [1.29, 1.82) is 0 Å². The third kappa shape index (κ3) is 6.19. The molecule has 1 amide bonds. The second-order valence-electron chi connectivity index (χ2n) is 8.62. The summed E-state index contributed by atoms with van der Waals surface area (Å²) in [6, 6.07) is 12.4. The van der Waals surface area contributed by atoms with E-state index in [4.69, 9.17) is 9.26 Å². The van der Waals surface area contributed by atoms with E-state index in [9.17, 15) is 18.0 Å². The summed E-state index contributed by atoms with van der Waals surface area (Å²) in [5.74, 6) is 1.59. The summed E-state index contributed by atoms with van der Waals surface area (Å²) in [4.78, 5) is 21.2. The number of ether oxygens (including phenoxy) is 1. The van der Waals surface area contributed by atoms with Crippen LogP contribution in [0.5, 0.6) is 5.75 Å². The van der Waals surface area contributed by atoms with Crippen molar-refractivity contribution in [2.45, 2.75) is 32.0 Å². The van der Waals surface area contributed by atoms with Crippen LogP contribution in [0.25, 0.3) is 11.4 Å². The maximum absolute atomic E-state index is 12.8. The van der Waals surface area contributed by atoms with E-state index in [1.807, 2.05) is 31.2 Å². The highest BCUT2D eigenvalue weighted by atomic mass is 19.4. The lowest BCUT2D eigenvalue weighted by Gasteiger charge is -2.34. The maximum atomic E-state index is 12.8. The molecule has 7 nitrogen and oxygen atoms in total. The first-order valence-corrected chi connectivity index (χ1v) is 11.4. The molecule has 3 aromatic rings. The summed E-state index contributed by atoms with van der Waals surface area (Å²) < 4.78 is 48.9. The third-order valence-corrected chi connectivity index (χ3v) is 6.19. The van der Waals surface area contributed by atoms with Gasteiger partial charge in [-0.25, -0.2) is 0 Å². The van der Waals surface area contributed by atoms with Crippen molar-refractivity contribution in [3.8, 4) is 17.1 Å². The number of amides is 1. The van der Waals surface area contributed by atoms with Gasteiger partial charge >= 0.3 is 6.18 Å². The average Bonchev–Trinajstić information content (AvgIpc) is 3.32. The van der Waals surface area contributed by atoms with Crippen LogP contribution in [0.2, 0.25) is 0 Å². The molecule has 1 aliphatic rings. The molecule has 0 radical (unpaired) electrons. The van der Waals surface area contributed by atoms with E-state index in [0.717, 1.165) is 23.4 Å². The molecule has 2 heterocycles. The predicted molar refractivity (Wildman–Crippen MR) is 123 cm³/mol. The number of halogens is 3. The highest BCUT2D eigenvalue weighted by Gasteiger charge is 2.30. The van der Waals surface area contributed by atoms with Crippen molar-refractivity contribution < 1.29 is 27.2 Å². The Morgan fingerprint density at radius 1 is 1.06 bits per heavy atom. The maximum Gasteiger partial charge on any atom is 0.416 e. The molecule has 0 aliphatic carbocycles. The minimum Gasteiger partial charge on any atom is -0.497 e. The van der Waals surface area contributed by atoms with Crippen LogP contribution in [0.15, 0.2) is 53.1 Å². The van der Waals surface area contributed by atoms with E-state index in [1.165, 1.54) is 12.1 Å². The van der Waals surface area contributed by atoms with Gasteiger partial charge in [0.1, 0.15) is 5.75 Å². The molecule has 1 fully saturated rings. The first-order chi connectivity index (χ1) is 16.7. The number of benzene rings is 2. The molecule has 35 heavy (non-hydrogen) atoms. The van der Waals surface area contributed by atoms with Gasteiger partial charge in [0.2, 0.25) is 17.6 Å². The van der Waals surface area contributed by atoms with E-state index in [1.54, 1.807) is 12.0 Å². The van der Waals surface area contributed by atoms with Gasteiger partial charge in [-0.1, -0.05) is 24.2 Å². The standard InChI is InChI=1S/C25H27F3N4O3/c1-17(18-3-7-20(8-4-18)25(26,27)28)15-23(33)32-13-11-31(12-14-32)16-22-29-24(30-35-22)19-5-9-21(34-2)10-6-19/h3-10,17H,11-16H2,1-2H3. The number of rotatable bonds is 7. The number of methoxy groups -OCH3 is 1. The van der Waals surface area contributed by atoms with Crippen molar-refractivity contribution >= 4 is 5.91 Å². The van der Waals surface area contributed by atoms with Crippen LogP contribution in [0.1, 0.15) is 36.3 Å². The van der Waals surface area contributed by atoms with Crippen molar-refractivity contribution in [3.05, 3.63) is 65.5 Å². The van der Waals surface area contributed by atoms with Crippen LogP contribution in [-0.4, -0.2) is 59.1 Å². The molecule has 2 aromatic carbocycles. The van der Waals surface area contributed by atoms with Crippen molar-refractivity contribution in [3.63, 3.8) is 0 Å². The average molecular weight is 489 g/mol. The zero-order valence-electron chi connectivity index (χ0n) is 19.6. The zero-order chi connectivity index (χ0) is 25.0. The molecule has 1 saturated heterocycles. The number of alkyl halides is 3. The highest BCUT2D eigenvalue weighted by Crippen LogP contribution is 2.31. The number of carbonyl (C=O) groups excluding carboxylic acids is 1. The van der Waals surface area contributed by atoms with E-state index >= 15 is 0 Å². The van der Waals surface area contributed by atoms with Crippen LogP contribution < -0.4 is 4.74 Å². The van der Waals surface area contributed by atoms with Crippen LogP contribution >= 0.6 is 0 Å². The number of aromatic nitrogens is 2. The molecule has 1 unspecified atom stereocenters. The molecule has 4 rings (SSSR count). The van der Waals surface area contributed by atoms with Gasteiger partial charge in [-0.3, -0.25) is 9.69 Å². The molecular weight excluding hydrogens is 461 g/mol. The summed E-state index contributed by atoms with van der Waals surface area (Å²) in [6.07, 6.45) is -4.12. The minimum atomic E-state index is -4.37. The van der Waals surface area contributed by atoms with Gasteiger partial charge in [-0.15, -0.1) is 0 Å². The van der Waals surface area contributed by atoms with Gasteiger partial charge in [0.05, 0.1) is 19.2 Å². The summed E-state index contributed by atoms with van der Waals surface area (Å²) >= 11 is 0. The molecule has 1 aromatic heterocycles. The Morgan fingerprint density at radius 3 is 2.31 bits per heavy atom. The fraction of sp³-hybridized carbons (Fsp3) is 0.400. The Bertz CT molecular complexity index is 1120. The Balaban J connectivity index is 1.25. The second kappa shape index (κ2) is 10.5. The number of nitrogens with zero attached hydrogens (tertiary/aromatic N) is 4. The molecule has 1 aliphatic heterocycles. The summed E-state index contributed by atoms with van der Waals surface area (Å²) in [7, 11) is 1.61. The normalized spacial score (nSPS) is 15.7. The Kier molecular flexibility index (Phi) is 7.39. The van der Waals surface area contributed by atoms with E-state index in [-0.39, 0.29) is 18.2 Å². The van der Waals surface area contributed by atoms with Gasteiger partial charge in [-0.2, -0.15) is 18.2 Å². The summed E-state index contributed by atoms with van der Waals surface area (Å²) in [5, 5.41) is 4.05. The van der Waals surface area contributed by atoms with Crippen LogP contribution in [0.3, 0.4) is 0 Å². The van der Waals surface area contributed by atoms with E-state index in [2.05, 4.69) is 15.0 Å². The monoisotopic (exact) mass is 488 g/mol. The lowest BCUT2D eigenvalue weighted by molar-refractivity contribution is -0.137. The summed E-state index contributed by atoms with van der Waals surface area (Å²) in [5.41, 5.74) is 0.862. The molecule has 186 valence electrons. The zero-order valence-corrected chi connectivity index (χ0v) is 19.6. The lowest BCUT2D eigenvalue weighted by Crippen LogP contribution is -2.48. The smallest absolute Gasteiger partial charge is 0.416 e. The fourth-order valence-electron chi connectivity index (χ4n) is 4.03. The number of hydrogen-bond acceptors (Lipinski definition) is 6. The topological polar surface area (TPSA) is 71.7 Å². The van der Waals surface area contributed by atoms with E-state index in [0.29, 0.717) is 50.0 Å². The SMILES string of the molecule is COc1ccc(-c2noc(CN3CCN(C(=O)CC(C)c4ccc(C(F)(F)F)cc4)CC3)n2)cc1. The Hall–Kier alpha value is -3.40. The van der Waals surface area contributed by atoms with Crippen molar-refractivity contribution in [2.75, 3.05) is 33.3 Å². The van der Waals surface area contributed by atoms with Crippen LogP contribution in [-0.2, 0) is 17.5 Å². The van der Waals surface area contributed by atoms with Gasteiger partial charge in [0.25, 0.3) is 0 Å². The van der Waals surface area contributed by atoms with Crippen LogP contribution in [0, 0.1) is 0 Å². The van der Waals surface area contributed by atoms with Crippen molar-refractivity contribution in [1.82, 2.24) is 19.9 Å².